The Morgan fingerprint density at radius 2 is 1.40 bits per heavy atom. The van der Waals surface area contributed by atoms with Gasteiger partial charge in [-0.1, -0.05) is 0 Å². The molecular formula is C8H18NP. The Balaban J connectivity index is 4.43. The summed E-state index contributed by atoms with van der Waals surface area (Å²) in [5, 5.41) is 8.94. The first-order valence-corrected chi connectivity index (χ1v) is 6.52. The summed E-state index contributed by atoms with van der Waals surface area (Å²) in [4.78, 5) is 0. The molecule has 0 radical (unpaired) electrons. The molecule has 0 aromatic rings. The van der Waals surface area contributed by atoms with Gasteiger partial charge in [0.25, 0.3) is 0 Å². The van der Waals surface area contributed by atoms with E-state index < -0.39 is 7.26 Å². The first-order valence-electron chi connectivity index (χ1n) is 3.86. The number of rotatable bonds is 2. The molecule has 10 heavy (non-hydrogen) atoms. The van der Waals surface area contributed by atoms with Crippen LogP contribution in [0, 0.1) is 11.1 Å². The average Bonchev–Trinajstić information content (AvgIpc) is 1.85. The summed E-state index contributed by atoms with van der Waals surface area (Å²) in [6.07, 6.45) is 0. The zero-order valence-corrected chi connectivity index (χ0v) is 8.60. The summed E-state index contributed by atoms with van der Waals surface area (Å²) in [6, 6.07) is 0. The molecule has 0 aliphatic carbocycles. The Labute approximate surface area is 64.8 Å². The van der Waals surface area contributed by atoms with Crippen molar-refractivity contribution in [3.63, 3.8) is 0 Å². The second kappa shape index (κ2) is 3.35. The molecule has 0 saturated heterocycles. The average molecular weight is 159 g/mol. The molecule has 0 atom stereocenters. The maximum absolute atomic E-state index is 8.94. The van der Waals surface area contributed by atoms with E-state index in [0.717, 1.165) is 0 Å². The van der Waals surface area contributed by atoms with Crippen LogP contribution in [-0.2, 0) is 0 Å². The molecule has 0 bridgehead atoms. The summed E-state index contributed by atoms with van der Waals surface area (Å²) < 4.78 is 0. The van der Waals surface area contributed by atoms with Gasteiger partial charge < -0.3 is 0 Å². The fourth-order valence-corrected chi connectivity index (χ4v) is 2.77. The summed E-state index contributed by atoms with van der Waals surface area (Å²) in [5.41, 5.74) is 1.16. The van der Waals surface area contributed by atoms with Crippen molar-refractivity contribution >= 4 is 7.26 Å². The van der Waals surface area contributed by atoms with E-state index in [0.29, 0.717) is 11.3 Å². The molecule has 0 spiro atoms. The first-order chi connectivity index (χ1) is 4.45. The molecule has 0 N–H and O–H groups in total. The maximum atomic E-state index is 8.94. The van der Waals surface area contributed by atoms with Crippen molar-refractivity contribution in [2.75, 3.05) is 6.66 Å². The van der Waals surface area contributed by atoms with Crippen LogP contribution >= 0.6 is 7.26 Å². The predicted octanol–water partition coefficient (Wildman–Crippen LogP) is 2.66. The molecule has 0 rings (SSSR count). The fourth-order valence-electron chi connectivity index (χ4n) is 0.925. The van der Waals surface area contributed by atoms with Gasteiger partial charge >= 0.3 is 64.0 Å². The SMILES string of the molecule is CC(C)[PH](C)(C#N)C(C)C. The van der Waals surface area contributed by atoms with Gasteiger partial charge in [0.2, 0.25) is 0 Å². The summed E-state index contributed by atoms with van der Waals surface area (Å²) in [6.45, 7) is 10.8. The van der Waals surface area contributed by atoms with Crippen molar-refractivity contribution in [3.8, 4) is 5.81 Å². The van der Waals surface area contributed by atoms with Crippen LogP contribution in [0.25, 0.3) is 0 Å². The molecule has 0 saturated carbocycles. The molecule has 2 heteroatoms. The molecule has 0 aromatic heterocycles. The van der Waals surface area contributed by atoms with Crippen molar-refractivity contribution in [1.82, 2.24) is 0 Å². The third kappa shape index (κ3) is 1.70. The van der Waals surface area contributed by atoms with E-state index in [9.17, 15) is 0 Å². The van der Waals surface area contributed by atoms with Crippen LogP contribution in [0.1, 0.15) is 27.7 Å². The van der Waals surface area contributed by atoms with E-state index in [4.69, 9.17) is 5.26 Å². The molecule has 0 aliphatic heterocycles. The van der Waals surface area contributed by atoms with E-state index in [2.05, 4.69) is 40.2 Å². The third-order valence-corrected chi connectivity index (χ3v) is 7.92. The van der Waals surface area contributed by atoms with E-state index in [-0.39, 0.29) is 0 Å². The monoisotopic (exact) mass is 159 g/mol. The molecule has 0 unspecified atom stereocenters. The van der Waals surface area contributed by atoms with Gasteiger partial charge in [0.15, 0.2) is 0 Å². The second-order valence-corrected chi connectivity index (χ2v) is 8.80. The van der Waals surface area contributed by atoms with Crippen LogP contribution in [0.5, 0.6) is 0 Å². The molecule has 0 fully saturated rings. The minimum atomic E-state index is -1.57. The summed E-state index contributed by atoms with van der Waals surface area (Å²) in [5.74, 6) is 2.52. The molecule has 0 aliphatic rings. The summed E-state index contributed by atoms with van der Waals surface area (Å²) in [7, 11) is -1.57. The van der Waals surface area contributed by atoms with Gasteiger partial charge in [-0.25, -0.2) is 0 Å². The van der Waals surface area contributed by atoms with E-state index in [1.54, 1.807) is 0 Å². The molecule has 1 nitrogen and oxygen atoms in total. The van der Waals surface area contributed by atoms with Crippen LogP contribution in [0.2, 0.25) is 0 Å². The first kappa shape index (κ1) is 9.92. The number of nitrogens with zero attached hydrogens (tertiary/aromatic N) is 1. The zero-order chi connectivity index (χ0) is 8.36. The zero-order valence-electron chi connectivity index (χ0n) is 7.60. The molecule has 0 amide bonds. The van der Waals surface area contributed by atoms with Crippen molar-refractivity contribution in [2.24, 2.45) is 0 Å². The topological polar surface area (TPSA) is 23.8 Å². The minimum absolute atomic E-state index is 0.581. The van der Waals surface area contributed by atoms with Crippen LogP contribution in [0.15, 0.2) is 0 Å². The van der Waals surface area contributed by atoms with E-state index in [1.165, 1.54) is 0 Å². The third-order valence-electron chi connectivity index (χ3n) is 2.64. The molecule has 0 aromatic carbocycles. The van der Waals surface area contributed by atoms with E-state index >= 15 is 0 Å². The Morgan fingerprint density at radius 3 is 1.40 bits per heavy atom. The van der Waals surface area contributed by atoms with Gasteiger partial charge in [0.1, 0.15) is 0 Å². The number of hydrogen-bond acceptors (Lipinski definition) is 1. The van der Waals surface area contributed by atoms with Gasteiger partial charge in [0.05, 0.1) is 0 Å². The van der Waals surface area contributed by atoms with Crippen LogP contribution in [0.4, 0.5) is 0 Å². The normalized spacial score (nSPS) is 13.8. The van der Waals surface area contributed by atoms with E-state index in [1.807, 2.05) is 0 Å². The number of nitriles is 1. The number of hydrogen-bond donors (Lipinski definition) is 0. The molecule has 60 valence electrons. The fraction of sp³-hybridized carbons (Fsp3) is 0.875. The quantitative estimate of drug-likeness (QED) is 0.568. The van der Waals surface area contributed by atoms with Crippen LogP contribution < -0.4 is 0 Å². The van der Waals surface area contributed by atoms with Crippen LogP contribution in [-0.4, -0.2) is 18.0 Å². The Kier molecular flexibility index (Phi) is 3.33. The Morgan fingerprint density at radius 1 is 1.10 bits per heavy atom. The van der Waals surface area contributed by atoms with Gasteiger partial charge in [-0.3, -0.25) is 0 Å². The molecule has 0 heterocycles. The Bertz CT molecular complexity index is 136. The van der Waals surface area contributed by atoms with Crippen molar-refractivity contribution in [2.45, 2.75) is 39.0 Å². The van der Waals surface area contributed by atoms with Crippen molar-refractivity contribution < 1.29 is 0 Å². The molecular weight excluding hydrogens is 141 g/mol. The van der Waals surface area contributed by atoms with Gasteiger partial charge in [0, 0.05) is 0 Å². The van der Waals surface area contributed by atoms with Crippen molar-refractivity contribution in [3.05, 3.63) is 0 Å². The van der Waals surface area contributed by atoms with Gasteiger partial charge in [-0.05, 0) is 0 Å². The predicted molar refractivity (Wildman–Crippen MR) is 50.1 cm³/mol. The Hall–Kier alpha value is -0.0800. The standard InChI is InChI=1S/C8H18NP/c1-7(2)10(5,6-9)8(3)4/h7-8,10H,1-5H3. The van der Waals surface area contributed by atoms with Gasteiger partial charge in [-0.15, -0.1) is 0 Å². The summed E-state index contributed by atoms with van der Waals surface area (Å²) >= 11 is 0. The second-order valence-electron chi connectivity index (χ2n) is 3.70. The van der Waals surface area contributed by atoms with Crippen molar-refractivity contribution in [1.29, 1.82) is 5.26 Å². The van der Waals surface area contributed by atoms with Crippen LogP contribution in [0.3, 0.4) is 0 Å². The van der Waals surface area contributed by atoms with Gasteiger partial charge in [-0.2, -0.15) is 0 Å².